The summed E-state index contributed by atoms with van der Waals surface area (Å²) in [4.78, 5) is 1.97. The van der Waals surface area contributed by atoms with Crippen LogP contribution in [0.5, 0.6) is 0 Å². The Labute approximate surface area is 56.8 Å². The van der Waals surface area contributed by atoms with Gasteiger partial charge in [0, 0.05) is 0 Å². The van der Waals surface area contributed by atoms with Crippen molar-refractivity contribution in [2.24, 2.45) is 5.73 Å². The van der Waals surface area contributed by atoms with Crippen molar-refractivity contribution in [1.82, 2.24) is 4.90 Å². The first kappa shape index (κ1) is 8.88. The van der Waals surface area contributed by atoms with E-state index in [1.165, 1.54) is 0 Å². The summed E-state index contributed by atoms with van der Waals surface area (Å²) in [6.07, 6.45) is 0. The van der Waals surface area contributed by atoms with Crippen molar-refractivity contribution in [1.29, 1.82) is 0 Å². The molecular formula is C6H16N2O. The first-order valence-electron chi connectivity index (χ1n) is 3.02. The van der Waals surface area contributed by atoms with E-state index in [1.807, 2.05) is 32.8 Å². The van der Waals surface area contributed by atoms with Crippen molar-refractivity contribution in [3.05, 3.63) is 0 Å². The lowest BCUT2D eigenvalue weighted by molar-refractivity contribution is -0.108. The second-order valence-corrected chi connectivity index (χ2v) is 2.65. The van der Waals surface area contributed by atoms with Crippen LogP contribution in [0.25, 0.3) is 0 Å². The van der Waals surface area contributed by atoms with E-state index in [4.69, 9.17) is 10.5 Å². The van der Waals surface area contributed by atoms with E-state index in [0.29, 0.717) is 0 Å². The maximum Gasteiger partial charge on any atom is 0.117 e. The Bertz CT molecular complexity index is 81.1. The second-order valence-electron chi connectivity index (χ2n) is 2.65. The highest BCUT2D eigenvalue weighted by Gasteiger charge is 2.19. The van der Waals surface area contributed by atoms with Crippen molar-refractivity contribution < 1.29 is 4.74 Å². The molecular weight excluding hydrogens is 116 g/mol. The van der Waals surface area contributed by atoms with Gasteiger partial charge in [-0.3, -0.25) is 4.90 Å². The number of hydrogen-bond donors (Lipinski definition) is 1. The van der Waals surface area contributed by atoms with Crippen molar-refractivity contribution >= 4 is 0 Å². The van der Waals surface area contributed by atoms with Gasteiger partial charge >= 0.3 is 0 Å². The third-order valence-electron chi connectivity index (χ3n) is 1.51. The summed E-state index contributed by atoms with van der Waals surface area (Å²) in [5.74, 6) is 0. The molecule has 0 fully saturated rings. The third-order valence-corrected chi connectivity index (χ3v) is 1.51. The van der Waals surface area contributed by atoms with Gasteiger partial charge in [-0.2, -0.15) is 0 Å². The Morgan fingerprint density at radius 2 is 1.89 bits per heavy atom. The van der Waals surface area contributed by atoms with Gasteiger partial charge in [-0.15, -0.1) is 0 Å². The zero-order valence-corrected chi connectivity index (χ0v) is 6.64. The van der Waals surface area contributed by atoms with E-state index in [-0.39, 0.29) is 12.5 Å². The Balaban J connectivity index is 3.70. The van der Waals surface area contributed by atoms with E-state index in [0.717, 1.165) is 0 Å². The molecule has 0 aliphatic rings. The van der Waals surface area contributed by atoms with Crippen LogP contribution in [0.15, 0.2) is 0 Å². The number of hydrogen-bond acceptors (Lipinski definition) is 3. The molecule has 0 aromatic heterocycles. The van der Waals surface area contributed by atoms with Crippen LogP contribution in [0.1, 0.15) is 13.8 Å². The van der Waals surface area contributed by atoms with Crippen LogP contribution in [0.3, 0.4) is 0 Å². The lowest BCUT2D eigenvalue weighted by Crippen LogP contribution is -2.42. The average Bonchev–Trinajstić information content (AvgIpc) is 1.65. The Morgan fingerprint density at radius 3 is 2.00 bits per heavy atom. The predicted octanol–water partition coefficient (Wildman–Crippen LogP) is 0.217. The molecule has 3 heteroatoms. The topological polar surface area (TPSA) is 38.5 Å². The minimum Gasteiger partial charge on any atom is -0.346 e. The maximum atomic E-state index is 5.20. The van der Waals surface area contributed by atoms with Crippen molar-refractivity contribution in [2.75, 3.05) is 20.8 Å². The van der Waals surface area contributed by atoms with Crippen LogP contribution >= 0.6 is 0 Å². The molecule has 0 unspecified atom stereocenters. The van der Waals surface area contributed by atoms with Gasteiger partial charge in [-0.05, 0) is 27.9 Å². The Morgan fingerprint density at radius 1 is 1.44 bits per heavy atom. The lowest BCUT2D eigenvalue weighted by Gasteiger charge is -2.31. The molecule has 0 aliphatic heterocycles. The van der Waals surface area contributed by atoms with Gasteiger partial charge in [0.05, 0.1) is 6.73 Å². The fourth-order valence-electron chi connectivity index (χ4n) is 0.333. The molecule has 0 aliphatic carbocycles. The number of rotatable bonds is 3. The van der Waals surface area contributed by atoms with Crippen LogP contribution < -0.4 is 5.73 Å². The highest BCUT2D eigenvalue weighted by Crippen LogP contribution is 2.09. The van der Waals surface area contributed by atoms with Crippen LogP contribution in [0.2, 0.25) is 0 Å². The molecule has 0 aromatic rings. The van der Waals surface area contributed by atoms with Gasteiger partial charge in [-0.25, -0.2) is 0 Å². The third kappa shape index (κ3) is 2.79. The quantitative estimate of drug-likeness (QED) is 0.558. The van der Waals surface area contributed by atoms with Crippen molar-refractivity contribution in [3.63, 3.8) is 0 Å². The summed E-state index contributed by atoms with van der Waals surface area (Å²) in [6.45, 7) is 4.21. The number of nitrogens with zero attached hydrogens (tertiary/aromatic N) is 1. The van der Waals surface area contributed by atoms with Gasteiger partial charge in [0.2, 0.25) is 0 Å². The molecule has 0 saturated carbocycles. The highest BCUT2D eigenvalue weighted by atomic mass is 16.5. The second kappa shape index (κ2) is 3.15. The highest BCUT2D eigenvalue weighted by molar-refractivity contribution is 4.62. The molecule has 0 rings (SSSR count). The minimum absolute atomic E-state index is 0.241. The molecule has 0 bridgehead atoms. The predicted molar refractivity (Wildman–Crippen MR) is 37.9 cm³/mol. The van der Waals surface area contributed by atoms with E-state index in [9.17, 15) is 0 Å². The first-order valence-corrected chi connectivity index (χ1v) is 3.02. The van der Waals surface area contributed by atoms with Crippen molar-refractivity contribution in [2.45, 2.75) is 19.6 Å². The SMILES string of the molecule is CN(C)C(C)(C)OCN. The van der Waals surface area contributed by atoms with E-state index in [2.05, 4.69) is 0 Å². The normalized spacial score (nSPS) is 12.7. The maximum absolute atomic E-state index is 5.20. The fourth-order valence-corrected chi connectivity index (χ4v) is 0.333. The van der Waals surface area contributed by atoms with Crippen LogP contribution in [-0.2, 0) is 4.74 Å². The molecule has 0 radical (unpaired) electrons. The average molecular weight is 132 g/mol. The van der Waals surface area contributed by atoms with E-state index in [1.54, 1.807) is 0 Å². The molecule has 0 saturated heterocycles. The molecule has 0 aromatic carbocycles. The summed E-state index contributed by atoms with van der Waals surface area (Å²) < 4.78 is 5.19. The zero-order chi connectivity index (χ0) is 7.49. The van der Waals surface area contributed by atoms with Crippen LogP contribution in [0, 0.1) is 0 Å². The summed E-state index contributed by atoms with van der Waals surface area (Å²) >= 11 is 0. The largest absolute Gasteiger partial charge is 0.346 e. The van der Waals surface area contributed by atoms with E-state index >= 15 is 0 Å². The van der Waals surface area contributed by atoms with Gasteiger partial charge in [-0.1, -0.05) is 0 Å². The molecule has 0 amide bonds. The standard InChI is InChI=1S/C6H16N2O/c1-6(2,8(3)4)9-5-7/h5,7H2,1-4H3. The van der Waals surface area contributed by atoms with Crippen LogP contribution in [0.4, 0.5) is 0 Å². The summed E-state index contributed by atoms with van der Waals surface area (Å²) in [6, 6.07) is 0. The number of nitrogens with two attached hydrogens (primary N) is 1. The van der Waals surface area contributed by atoms with Gasteiger partial charge in [0.15, 0.2) is 0 Å². The molecule has 0 spiro atoms. The minimum atomic E-state index is -0.241. The first-order chi connectivity index (χ1) is 4.00. The van der Waals surface area contributed by atoms with E-state index < -0.39 is 0 Å². The molecule has 0 heterocycles. The molecule has 2 N–H and O–H groups in total. The number of ether oxygens (including phenoxy) is 1. The summed E-state index contributed by atoms with van der Waals surface area (Å²) in [7, 11) is 3.91. The lowest BCUT2D eigenvalue weighted by atomic mass is 10.3. The summed E-state index contributed by atoms with van der Waals surface area (Å²) in [5.41, 5.74) is 4.96. The molecule has 56 valence electrons. The smallest absolute Gasteiger partial charge is 0.117 e. The van der Waals surface area contributed by atoms with Crippen LogP contribution in [-0.4, -0.2) is 31.5 Å². The molecule has 9 heavy (non-hydrogen) atoms. The Kier molecular flexibility index (Phi) is 3.11. The van der Waals surface area contributed by atoms with Gasteiger partial charge in [0.25, 0.3) is 0 Å². The van der Waals surface area contributed by atoms with Gasteiger partial charge < -0.3 is 10.5 Å². The Hall–Kier alpha value is -0.120. The monoisotopic (exact) mass is 132 g/mol. The summed E-state index contributed by atoms with van der Waals surface area (Å²) in [5, 5.41) is 0. The fraction of sp³-hybridized carbons (Fsp3) is 1.00. The van der Waals surface area contributed by atoms with Gasteiger partial charge in [0.1, 0.15) is 5.72 Å². The molecule has 0 atom stereocenters. The van der Waals surface area contributed by atoms with Crippen molar-refractivity contribution in [3.8, 4) is 0 Å². The molecule has 3 nitrogen and oxygen atoms in total. The zero-order valence-electron chi connectivity index (χ0n) is 6.64.